The standard InChI is InChI=1S/C20H24FN3O2/c1-15(22)17-7-8-19(18(21)13-17)23-9-11-24(12-10-23)20(25)26-14-16-5-3-2-4-6-16/h2-8,13,15H,9-12,14,22H2,1H3. The summed E-state index contributed by atoms with van der Waals surface area (Å²) in [5, 5.41) is 0. The van der Waals surface area contributed by atoms with Crippen molar-refractivity contribution in [1.82, 2.24) is 4.90 Å². The fraction of sp³-hybridized carbons (Fsp3) is 0.350. The second-order valence-corrected chi connectivity index (χ2v) is 6.51. The van der Waals surface area contributed by atoms with E-state index in [0.717, 1.165) is 11.1 Å². The summed E-state index contributed by atoms with van der Waals surface area (Å²) in [5.41, 5.74) is 8.07. The van der Waals surface area contributed by atoms with Crippen LogP contribution in [0.25, 0.3) is 0 Å². The van der Waals surface area contributed by atoms with E-state index in [0.29, 0.717) is 31.9 Å². The molecule has 2 aromatic rings. The first kappa shape index (κ1) is 18.2. The van der Waals surface area contributed by atoms with Gasteiger partial charge in [-0.25, -0.2) is 9.18 Å². The second kappa shape index (κ2) is 8.19. The Morgan fingerprint density at radius 3 is 2.46 bits per heavy atom. The number of hydrogen-bond acceptors (Lipinski definition) is 4. The number of hydrogen-bond donors (Lipinski definition) is 1. The molecule has 0 spiro atoms. The van der Waals surface area contributed by atoms with E-state index in [-0.39, 0.29) is 24.6 Å². The Morgan fingerprint density at radius 2 is 1.85 bits per heavy atom. The maximum absolute atomic E-state index is 14.4. The lowest BCUT2D eigenvalue weighted by Gasteiger charge is -2.35. The van der Waals surface area contributed by atoms with Crippen LogP contribution in [0, 0.1) is 5.82 Å². The summed E-state index contributed by atoms with van der Waals surface area (Å²) in [5.74, 6) is -0.278. The predicted molar refractivity (Wildman–Crippen MR) is 99.4 cm³/mol. The lowest BCUT2D eigenvalue weighted by molar-refractivity contribution is 0.0941. The molecular weight excluding hydrogens is 333 g/mol. The molecule has 1 unspecified atom stereocenters. The highest BCUT2D eigenvalue weighted by Crippen LogP contribution is 2.24. The van der Waals surface area contributed by atoms with E-state index in [2.05, 4.69) is 0 Å². The summed E-state index contributed by atoms with van der Waals surface area (Å²) in [6.45, 7) is 4.22. The van der Waals surface area contributed by atoms with Crippen LogP contribution >= 0.6 is 0 Å². The monoisotopic (exact) mass is 357 g/mol. The van der Waals surface area contributed by atoms with Gasteiger partial charge in [0.2, 0.25) is 0 Å². The maximum atomic E-state index is 14.4. The van der Waals surface area contributed by atoms with Crippen molar-refractivity contribution in [2.75, 3.05) is 31.1 Å². The number of ether oxygens (including phenoxy) is 1. The Kier molecular flexibility index (Phi) is 5.73. The van der Waals surface area contributed by atoms with Crippen molar-refractivity contribution in [3.8, 4) is 0 Å². The third-order valence-corrected chi connectivity index (χ3v) is 4.58. The molecule has 1 heterocycles. The van der Waals surface area contributed by atoms with Gasteiger partial charge >= 0.3 is 6.09 Å². The van der Waals surface area contributed by atoms with Crippen molar-refractivity contribution < 1.29 is 13.9 Å². The average Bonchev–Trinajstić information content (AvgIpc) is 2.67. The van der Waals surface area contributed by atoms with Crippen LogP contribution in [0.4, 0.5) is 14.9 Å². The molecule has 1 atom stereocenters. The molecule has 6 heteroatoms. The van der Waals surface area contributed by atoms with Crippen molar-refractivity contribution in [3.05, 3.63) is 65.5 Å². The van der Waals surface area contributed by atoms with E-state index < -0.39 is 0 Å². The lowest BCUT2D eigenvalue weighted by Crippen LogP contribution is -2.49. The van der Waals surface area contributed by atoms with Crippen LogP contribution in [-0.2, 0) is 11.3 Å². The van der Waals surface area contributed by atoms with Gasteiger partial charge in [0.05, 0.1) is 5.69 Å². The molecule has 5 nitrogen and oxygen atoms in total. The first-order valence-corrected chi connectivity index (χ1v) is 8.80. The number of halogens is 1. The number of benzene rings is 2. The molecule has 0 aliphatic carbocycles. The molecule has 1 fully saturated rings. The molecule has 1 saturated heterocycles. The highest BCUT2D eigenvalue weighted by atomic mass is 19.1. The van der Waals surface area contributed by atoms with Gasteiger partial charge in [-0.2, -0.15) is 0 Å². The van der Waals surface area contributed by atoms with E-state index in [1.165, 1.54) is 6.07 Å². The maximum Gasteiger partial charge on any atom is 0.410 e. The van der Waals surface area contributed by atoms with Gasteiger partial charge in [-0.15, -0.1) is 0 Å². The van der Waals surface area contributed by atoms with Gasteiger partial charge in [-0.1, -0.05) is 36.4 Å². The first-order valence-electron chi connectivity index (χ1n) is 8.80. The summed E-state index contributed by atoms with van der Waals surface area (Å²) in [4.78, 5) is 15.8. The molecular formula is C20H24FN3O2. The van der Waals surface area contributed by atoms with E-state index in [4.69, 9.17) is 10.5 Å². The van der Waals surface area contributed by atoms with Crippen molar-refractivity contribution in [1.29, 1.82) is 0 Å². The zero-order valence-electron chi connectivity index (χ0n) is 14.9. The van der Waals surface area contributed by atoms with Crippen LogP contribution in [0.1, 0.15) is 24.1 Å². The summed E-state index contributed by atoms with van der Waals surface area (Å²) < 4.78 is 19.7. The van der Waals surface area contributed by atoms with E-state index in [1.807, 2.05) is 48.2 Å². The highest BCUT2D eigenvalue weighted by molar-refractivity contribution is 5.68. The van der Waals surface area contributed by atoms with E-state index >= 15 is 0 Å². The van der Waals surface area contributed by atoms with Gasteiger partial charge in [-0.3, -0.25) is 0 Å². The summed E-state index contributed by atoms with van der Waals surface area (Å²) in [6, 6.07) is 14.5. The van der Waals surface area contributed by atoms with Gasteiger partial charge < -0.3 is 20.3 Å². The van der Waals surface area contributed by atoms with Crippen LogP contribution in [0.5, 0.6) is 0 Å². The van der Waals surface area contributed by atoms with Crippen LogP contribution in [0.3, 0.4) is 0 Å². The number of nitrogens with zero attached hydrogens (tertiary/aromatic N) is 2. The third-order valence-electron chi connectivity index (χ3n) is 4.58. The fourth-order valence-electron chi connectivity index (χ4n) is 3.00. The number of amides is 1. The average molecular weight is 357 g/mol. The summed E-state index contributed by atoms with van der Waals surface area (Å²) in [7, 11) is 0. The fourth-order valence-corrected chi connectivity index (χ4v) is 3.00. The molecule has 0 radical (unpaired) electrons. The van der Waals surface area contributed by atoms with Gasteiger partial charge in [0.15, 0.2) is 0 Å². The van der Waals surface area contributed by atoms with Crippen molar-refractivity contribution in [2.45, 2.75) is 19.6 Å². The molecule has 2 N–H and O–H groups in total. The SMILES string of the molecule is CC(N)c1ccc(N2CCN(C(=O)OCc3ccccc3)CC2)c(F)c1. The number of rotatable bonds is 4. The van der Waals surface area contributed by atoms with E-state index in [9.17, 15) is 9.18 Å². The number of piperazine rings is 1. The molecule has 0 saturated carbocycles. The Balaban J connectivity index is 1.53. The Morgan fingerprint density at radius 1 is 1.15 bits per heavy atom. The van der Waals surface area contributed by atoms with Crippen LogP contribution in [-0.4, -0.2) is 37.2 Å². The molecule has 2 aromatic carbocycles. The Labute approximate surface area is 153 Å². The van der Waals surface area contributed by atoms with Gasteiger partial charge in [0, 0.05) is 32.2 Å². The molecule has 1 aliphatic rings. The Hall–Kier alpha value is -2.60. The largest absolute Gasteiger partial charge is 0.445 e. The predicted octanol–water partition coefficient (Wildman–Crippen LogP) is 3.30. The van der Waals surface area contributed by atoms with Crippen LogP contribution in [0.15, 0.2) is 48.5 Å². The van der Waals surface area contributed by atoms with Crippen molar-refractivity contribution in [3.63, 3.8) is 0 Å². The minimum Gasteiger partial charge on any atom is -0.445 e. The quantitative estimate of drug-likeness (QED) is 0.912. The molecule has 1 aliphatic heterocycles. The molecule has 26 heavy (non-hydrogen) atoms. The van der Waals surface area contributed by atoms with Gasteiger partial charge in [-0.05, 0) is 30.2 Å². The summed E-state index contributed by atoms with van der Waals surface area (Å²) >= 11 is 0. The Bertz CT molecular complexity index is 744. The minimum atomic E-state index is -0.332. The van der Waals surface area contributed by atoms with Crippen molar-refractivity contribution in [2.24, 2.45) is 5.73 Å². The number of nitrogens with two attached hydrogens (primary N) is 1. The first-order chi connectivity index (χ1) is 12.5. The number of carbonyl (C=O) groups excluding carboxylic acids is 1. The molecule has 3 rings (SSSR count). The van der Waals surface area contributed by atoms with Gasteiger partial charge in [0.25, 0.3) is 0 Å². The van der Waals surface area contributed by atoms with Crippen LogP contribution < -0.4 is 10.6 Å². The van der Waals surface area contributed by atoms with Crippen molar-refractivity contribution >= 4 is 11.8 Å². The number of carbonyl (C=O) groups is 1. The summed E-state index contributed by atoms with van der Waals surface area (Å²) in [6.07, 6.45) is -0.332. The molecule has 1 amide bonds. The highest BCUT2D eigenvalue weighted by Gasteiger charge is 2.24. The zero-order valence-corrected chi connectivity index (χ0v) is 14.9. The van der Waals surface area contributed by atoms with Crippen LogP contribution in [0.2, 0.25) is 0 Å². The smallest absolute Gasteiger partial charge is 0.410 e. The topological polar surface area (TPSA) is 58.8 Å². The molecule has 0 aromatic heterocycles. The number of anilines is 1. The zero-order chi connectivity index (χ0) is 18.5. The van der Waals surface area contributed by atoms with Gasteiger partial charge in [0.1, 0.15) is 12.4 Å². The molecule has 138 valence electrons. The molecule has 0 bridgehead atoms. The van der Waals surface area contributed by atoms with E-state index in [1.54, 1.807) is 11.0 Å². The second-order valence-electron chi connectivity index (χ2n) is 6.51. The third kappa shape index (κ3) is 4.32. The lowest BCUT2D eigenvalue weighted by atomic mass is 10.1. The normalized spacial score (nSPS) is 15.7. The minimum absolute atomic E-state index is 0.199.